The van der Waals surface area contributed by atoms with Gasteiger partial charge in [-0.25, -0.2) is 9.97 Å². The number of aromatic nitrogens is 3. The SMILES string of the molecule is CC1(C)c2cc(-c3ccccc3)ccc2-c2nc(-n3c4ccccc4c4cc5ccccc5cc43)nc(-c3ccc(C#N)cc3)c21. The topological polar surface area (TPSA) is 54.5 Å². The minimum atomic E-state index is -0.353. The van der Waals surface area contributed by atoms with Crippen LogP contribution in [0.15, 0.2) is 133 Å². The monoisotopic (exact) mass is 588 g/mol. The molecule has 8 aromatic rings. The van der Waals surface area contributed by atoms with E-state index >= 15 is 0 Å². The second-order valence-corrected chi connectivity index (χ2v) is 12.6. The van der Waals surface area contributed by atoms with Crippen molar-refractivity contribution in [3.63, 3.8) is 0 Å². The average molecular weight is 589 g/mol. The Bertz CT molecular complexity index is 2550. The summed E-state index contributed by atoms with van der Waals surface area (Å²) >= 11 is 0. The molecule has 46 heavy (non-hydrogen) atoms. The molecule has 4 nitrogen and oxygen atoms in total. The van der Waals surface area contributed by atoms with Crippen LogP contribution in [0.1, 0.15) is 30.5 Å². The summed E-state index contributed by atoms with van der Waals surface area (Å²) in [7, 11) is 0. The zero-order chi connectivity index (χ0) is 31.0. The summed E-state index contributed by atoms with van der Waals surface area (Å²) < 4.78 is 2.22. The Kier molecular flexibility index (Phi) is 5.57. The molecule has 2 aromatic heterocycles. The molecule has 0 N–H and O–H groups in total. The summed E-state index contributed by atoms with van der Waals surface area (Å²) in [6.45, 7) is 4.55. The third kappa shape index (κ3) is 3.79. The van der Waals surface area contributed by atoms with Gasteiger partial charge in [0.15, 0.2) is 0 Å². The van der Waals surface area contributed by atoms with E-state index in [1.807, 2.05) is 24.3 Å². The summed E-state index contributed by atoms with van der Waals surface area (Å²) in [5.74, 6) is 0.635. The van der Waals surface area contributed by atoms with Crippen molar-refractivity contribution < 1.29 is 0 Å². The third-order valence-electron chi connectivity index (χ3n) is 9.60. The van der Waals surface area contributed by atoms with Gasteiger partial charge in [-0.1, -0.05) is 111 Å². The molecule has 0 saturated carbocycles. The highest BCUT2D eigenvalue weighted by Gasteiger charge is 2.40. The van der Waals surface area contributed by atoms with Gasteiger partial charge in [-0.3, -0.25) is 4.57 Å². The maximum atomic E-state index is 9.54. The summed E-state index contributed by atoms with van der Waals surface area (Å²) in [4.78, 5) is 10.9. The lowest BCUT2D eigenvalue weighted by molar-refractivity contribution is 0.657. The number of fused-ring (bicyclic) bond motifs is 7. The van der Waals surface area contributed by atoms with E-state index in [-0.39, 0.29) is 5.41 Å². The number of hydrogen-bond donors (Lipinski definition) is 0. The quantitative estimate of drug-likeness (QED) is 0.206. The molecule has 0 radical (unpaired) electrons. The zero-order valence-corrected chi connectivity index (χ0v) is 25.5. The molecule has 0 saturated heterocycles. The van der Waals surface area contributed by atoms with Crippen LogP contribution in [0.2, 0.25) is 0 Å². The Balaban J connectivity index is 1.37. The molecule has 1 aliphatic rings. The van der Waals surface area contributed by atoms with E-state index in [4.69, 9.17) is 9.97 Å². The molecular formula is C42H28N4. The van der Waals surface area contributed by atoms with Crippen LogP contribution < -0.4 is 0 Å². The summed E-state index contributed by atoms with van der Waals surface area (Å²) in [5, 5.41) is 14.3. The molecule has 0 fully saturated rings. The van der Waals surface area contributed by atoms with E-state index < -0.39 is 0 Å². The van der Waals surface area contributed by atoms with Gasteiger partial charge in [0.1, 0.15) is 0 Å². The Labute approximate surface area is 266 Å². The first kappa shape index (κ1) is 26.4. The van der Waals surface area contributed by atoms with Crippen LogP contribution in [0, 0.1) is 11.3 Å². The number of nitrogens with zero attached hydrogens (tertiary/aromatic N) is 4. The standard InChI is InChI=1S/C42H28N4/c1-42(2)35-23-31(27-10-4-3-5-11-27)20-21-33(35)40-38(42)39(28-18-16-26(25-43)17-19-28)44-41(45-40)46-36-15-9-8-14-32(36)34-22-29-12-6-7-13-30(29)24-37(34)46/h3-24H,1-2H3. The summed E-state index contributed by atoms with van der Waals surface area (Å²) in [6.07, 6.45) is 0. The first-order valence-corrected chi connectivity index (χ1v) is 15.6. The van der Waals surface area contributed by atoms with Crippen molar-refractivity contribution in [2.45, 2.75) is 19.3 Å². The van der Waals surface area contributed by atoms with E-state index in [1.165, 1.54) is 38.2 Å². The van der Waals surface area contributed by atoms with Gasteiger partial charge in [0.05, 0.1) is 34.1 Å². The third-order valence-corrected chi connectivity index (χ3v) is 9.60. The fourth-order valence-electron chi connectivity index (χ4n) is 7.33. The molecule has 0 spiro atoms. The van der Waals surface area contributed by atoms with E-state index in [0.29, 0.717) is 11.5 Å². The first-order chi connectivity index (χ1) is 22.5. The van der Waals surface area contributed by atoms with Crippen LogP contribution >= 0.6 is 0 Å². The Hall–Kier alpha value is -6.05. The van der Waals surface area contributed by atoms with Crippen molar-refractivity contribution in [3.05, 3.63) is 150 Å². The van der Waals surface area contributed by atoms with Crippen LogP contribution in [-0.4, -0.2) is 14.5 Å². The molecule has 1 aliphatic carbocycles. The summed E-state index contributed by atoms with van der Waals surface area (Å²) in [5.41, 5.74) is 11.1. The molecule has 0 aliphatic heterocycles. The molecule has 216 valence electrons. The summed E-state index contributed by atoms with van der Waals surface area (Å²) in [6, 6.07) is 48.8. The highest BCUT2D eigenvalue weighted by Crippen LogP contribution is 2.52. The molecular weight excluding hydrogens is 560 g/mol. The van der Waals surface area contributed by atoms with Gasteiger partial charge in [-0.15, -0.1) is 0 Å². The van der Waals surface area contributed by atoms with Gasteiger partial charge < -0.3 is 0 Å². The highest BCUT2D eigenvalue weighted by molar-refractivity contribution is 6.13. The molecule has 6 aromatic carbocycles. The van der Waals surface area contributed by atoms with Crippen LogP contribution in [0.4, 0.5) is 0 Å². The fraction of sp³-hybridized carbons (Fsp3) is 0.0714. The van der Waals surface area contributed by atoms with Gasteiger partial charge in [0, 0.05) is 32.9 Å². The Morgan fingerprint density at radius 1 is 0.587 bits per heavy atom. The van der Waals surface area contributed by atoms with E-state index in [0.717, 1.165) is 39.1 Å². The average Bonchev–Trinajstić information content (AvgIpc) is 3.54. The maximum absolute atomic E-state index is 9.54. The second-order valence-electron chi connectivity index (χ2n) is 12.6. The Morgan fingerprint density at radius 3 is 2.04 bits per heavy atom. The van der Waals surface area contributed by atoms with Crippen molar-refractivity contribution in [3.8, 4) is 45.7 Å². The van der Waals surface area contributed by atoms with Crippen molar-refractivity contribution in [1.82, 2.24) is 14.5 Å². The number of rotatable bonds is 3. The van der Waals surface area contributed by atoms with Crippen LogP contribution in [0.25, 0.3) is 72.2 Å². The van der Waals surface area contributed by atoms with Crippen molar-refractivity contribution >= 4 is 32.6 Å². The van der Waals surface area contributed by atoms with Gasteiger partial charge >= 0.3 is 0 Å². The lowest BCUT2D eigenvalue weighted by atomic mass is 9.80. The lowest BCUT2D eigenvalue weighted by Gasteiger charge is -2.24. The van der Waals surface area contributed by atoms with Crippen molar-refractivity contribution in [2.75, 3.05) is 0 Å². The van der Waals surface area contributed by atoms with E-state index in [1.54, 1.807) is 0 Å². The second kappa shape index (κ2) is 9.72. The zero-order valence-electron chi connectivity index (χ0n) is 25.5. The van der Waals surface area contributed by atoms with E-state index in [2.05, 4.69) is 134 Å². The van der Waals surface area contributed by atoms with Gasteiger partial charge in [0.25, 0.3) is 0 Å². The highest BCUT2D eigenvalue weighted by atomic mass is 15.2. The normalized spacial score (nSPS) is 13.2. The van der Waals surface area contributed by atoms with Crippen molar-refractivity contribution in [1.29, 1.82) is 5.26 Å². The van der Waals surface area contributed by atoms with Crippen LogP contribution in [-0.2, 0) is 5.41 Å². The maximum Gasteiger partial charge on any atom is 0.235 e. The van der Waals surface area contributed by atoms with Crippen LogP contribution in [0.3, 0.4) is 0 Å². The lowest BCUT2D eigenvalue weighted by Crippen LogP contribution is -2.18. The number of hydrogen-bond acceptors (Lipinski definition) is 3. The molecule has 0 unspecified atom stereocenters. The fourth-order valence-corrected chi connectivity index (χ4v) is 7.33. The van der Waals surface area contributed by atoms with Crippen LogP contribution in [0.5, 0.6) is 0 Å². The molecule has 4 heteroatoms. The van der Waals surface area contributed by atoms with Gasteiger partial charge in [-0.05, 0) is 63.9 Å². The smallest absolute Gasteiger partial charge is 0.235 e. The van der Waals surface area contributed by atoms with Gasteiger partial charge in [-0.2, -0.15) is 5.26 Å². The number of nitriles is 1. The minimum Gasteiger partial charge on any atom is -0.278 e. The molecule has 2 heterocycles. The number of para-hydroxylation sites is 1. The predicted octanol–water partition coefficient (Wildman–Crippen LogP) is 10.2. The predicted molar refractivity (Wildman–Crippen MR) is 187 cm³/mol. The van der Waals surface area contributed by atoms with Crippen molar-refractivity contribution in [2.24, 2.45) is 0 Å². The molecule has 9 rings (SSSR count). The Morgan fingerprint density at radius 2 is 1.26 bits per heavy atom. The largest absolute Gasteiger partial charge is 0.278 e. The van der Waals surface area contributed by atoms with E-state index in [9.17, 15) is 5.26 Å². The molecule has 0 atom stereocenters. The molecule has 0 amide bonds. The molecule has 0 bridgehead atoms. The minimum absolute atomic E-state index is 0.353. The first-order valence-electron chi connectivity index (χ1n) is 15.6. The number of benzene rings is 6. The van der Waals surface area contributed by atoms with Gasteiger partial charge in [0.2, 0.25) is 5.95 Å².